The Kier molecular flexibility index (Phi) is 2.63. The van der Waals surface area contributed by atoms with Crippen molar-refractivity contribution in [3.63, 3.8) is 0 Å². The van der Waals surface area contributed by atoms with Crippen molar-refractivity contribution in [2.75, 3.05) is 0 Å². The molecule has 1 heteroatoms. The Morgan fingerprint density at radius 3 is 2.59 bits per heavy atom. The molecule has 0 aromatic heterocycles. The van der Waals surface area contributed by atoms with Crippen LogP contribution in [0.1, 0.15) is 53.9 Å². The number of aliphatic hydroxyl groups is 1. The standard InChI is InChI=1S/C16H26O/c1-11(2)16-8-7-12(3)14(5,10-16)15(6,17)9-13(16)4/h7,13,17H,1,8-10H2,2-6H3/t13-,14+,15-,16-/m1/s1. The average molecular weight is 234 g/mol. The third kappa shape index (κ3) is 1.48. The first-order valence-electron chi connectivity index (χ1n) is 6.71. The van der Waals surface area contributed by atoms with E-state index in [0.717, 1.165) is 19.3 Å². The zero-order chi connectivity index (χ0) is 13.1. The Balaban J connectivity index is 2.56. The van der Waals surface area contributed by atoms with E-state index in [9.17, 15) is 5.11 Å². The van der Waals surface area contributed by atoms with E-state index >= 15 is 0 Å². The predicted octanol–water partition coefficient (Wildman–Crippen LogP) is 4.09. The Labute approximate surface area is 106 Å². The van der Waals surface area contributed by atoms with Gasteiger partial charge >= 0.3 is 0 Å². The van der Waals surface area contributed by atoms with Gasteiger partial charge in [-0.2, -0.15) is 0 Å². The zero-order valence-corrected chi connectivity index (χ0v) is 11.9. The van der Waals surface area contributed by atoms with Crippen molar-refractivity contribution < 1.29 is 5.11 Å². The molecule has 17 heavy (non-hydrogen) atoms. The van der Waals surface area contributed by atoms with E-state index in [1.54, 1.807) is 0 Å². The summed E-state index contributed by atoms with van der Waals surface area (Å²) in [5, 5.41) is 10.8. The minimum Gasteiger partial charge on any atom is -0.389 e. The summed E-state index contributed by atoms with van der Waals surface area (Å²) < 4.78 is 0. The fourth-order valence-corrected chi connectivity index (χ4v) is 4.16. The highest BCUT2D eigenvalue weighted by molar-refractivity contribution is 5.31. The highest BCUT2D eigenvalue weighted by atomic mass is 16.3. The topological polar surface area (TPSA) is 20.2 Å². The van der Waals surface area contributed by atoms with Crippen molar-refractivity contribution >= 4 is 0 Å². The van der Waals surface area contributed by atoms with Crippen molar-refractivity contribution in [2.24, 2.45) is 16.7 Å². The predicted molar refractivity (Wildman–Crippen MR) is 72.7 cm³/mol. The minimum atomic E-state index is -0.591. The van der Waals surface area contributed by atoms with Crippen molar-refractivity contribution in [1.82, 2.24) is 0 Å². The average Bonchev–Trinajstić information content (AvgIpc) is 2.19. The first-order chi connectivity index (χ1) is 7.66. The summed E-state index contributed by atoms with van der Waals surface area (Å²) >= 11 is 0. The number of hydrogen-bond donors (Lipinski definition) is 1. The zero-order valence-electron chi connectivity index (χ0n) is 11.9. The van der Waals surface area contributed by atoms with Gasteiger partial charge < -0.3 is 5.11 Å². The molecule has 2 aliphatic rings. The molecule has 0 heterocycles. The monoisotopic (exact) mass is 234 g/mol. The van der Waals surface area contributed by atoms with Crippen LogP contribution in [-0.2, 0) is 0 Å². The molecule has 0 unspecified atom stereocenters. The second-order valence-corrected chi connectivity index (χ2v) is 6.92. The lowest BCUT2D eigenvalue weighted by Crippen LogP contribution is -2.57. The first kappa shape index (κ1) is 12.9. The highest BCUT2D eigenvalue weighted by Crippen LogP contribution is 2.63. The molecular formula is C16H26O. The van der Waals surface area contributed by atoms with Gasteiger partial charge in [0.15, 0.2) is 0 Å². The van der Waals surface area contributed by atoms with E-state index in [2.05, 4.69) is 40.3 Å². The van der Waals surface area contributed by atoms with Crippen LogP contribution in [0.15, 0.2) is 23.8 Å². The highest BCUT2D eigenvalue weighted by Gasteiger charge is 2.58. The minimum absolute atomic E-state index is 0.0866. The lowest BCUT2D eigenvalue weighted by atomic mass is 9.46. The maximum absolute atomic E-state index is 10.8. The second kappa shape index (κ2) is 3.47. The molecule has 1 fully saturated rings. The lowest BCUT2D eigenvalue weighted by Gasteiger charge is -2.60. The van der Waals surface area contributed by atoms with Gasteiger partial charge in [-0.3, -0.25) is 0 Å². The fourth-order valence-electron chi connectivity index (χ4n) is 4.16. The molecule has 96 valence electrons. The van der Waals surface area contributed by atoms with Crippen LogP contribution in [-0.4, -0.2) is 10.7 Å². The molecule has 0 amide bonds. The summed E-state index contributed by atoms with van der Waals surface area (Å²) in [6, 6.07) is 0. The van der Waals surface area contributed by atoms with Crippen molar-refractivity contribution in [3.05, 3.63) is 23.8 Å². The maximum atomic E-state index is 10.8. The van der Waals surface area contributed by atoms with Gasteiger partial charge in [0, 0.05) is 5.41 Å². The van der Waals surface area contributed by atoms with E-state index in [1.807, 2.05) is 6.92 Å². The Hall–Kier alpha value is -0.560. The fraction of sp³-hybridized carbons (Fsp3) is 0.750. The van der Waals surface area contributed by atoms with Crippen LogP contribution >= 0.6 is 0 Å². The summed E-state index contributed by atoms with van der Waals surface area (Å²) in [7, 11) is 0. The third-order valence-electron chi connectivity index (χ3n) is 6.00. The second-order valence-electron chi connectivity index (χ2n) is 6.92. The van der Waals surface area contributed by atoms with Gasteiger partial charge in [0.25, 0.3) is 0 Å². The van der Waals surface area contributed by atoms with Gasteiger partial charge in [0.2, 0.25) is 0 Å². The van der Waals surface area contributed by atoms with Gasteiger partial charge in [0.1, 0.15) is 0 Å². The van der Waals surface area contributed by atoms with Gasteiger partial charge in [-0.15, -0.1) is 0 Å². The Morgan fingerprint density at radius 1 is 1.47 bits per heavy atom. The molecule has 1 nitrogen and oxygen atoms in total. The van der Waals surface area contributed by atoms with Crippen LogP contribution in [0.2, 0.25) is 0 Å². The molecule has 0 aliphatic heterocycles. The van der Waals surface area contributed by atoms with Gasteiger partial charge in [-0.05, 0) is 51.4 Å². The summed E-state index contributed by atoms with van der Waals surface area (Å²) in [6.07, 6.45) is 5.36. The van der Waals surface area contributed by atoms with Crippen LogP contribution in [0.4, 0.5) is 0 Å². The van der Waals surface area contributed by atoms with Crippen LogP contribution in [0.25, 0.3) is 0 Å². The van der Waals surface area contributed by atoms with Crippen LogP contribution in [0, 0.1) is 16.7 Å². The molecule has 0 radical (unpaired) electrons. The molecule has 0 spiro atoms. The van der Waals surface area contributed by atoms with Crippen LogP contribution in [0.3, 0.4) is 0 Å². The van der Waals surface area contributed by atoms with Gasteiger partial charge in [-0.1, -0.05) is 37.6 Å². The number of hydrogen-bond acceptors (Lipinski definition) is 1. The van der Waals surface area contributed by atoms with Crippen molar-refractivity contribution in [3.8, 4) is 0 Å². The normalized spacial score (nSPS) is 49.8. The van der Waals surface area contributed by atoms with E-state index in [-0.39, 0.29) is 10.8 Å². The van der Waals surface area contributed by atoms with E-state index < -0.39 is 5.60 Å². The number of fused-ring (bicyclic) bond motifs is 2. The first-order valence-corrected chi connectivity index (χ1v) is 6.71. The van der Waals surface area contributed by atoms with Crippen LogP contribution < -0.4 is 0 Å². The molecule has 4 atom stereocenters. The molecule has 2 bridgehead atoms. The van der Waals surface area contributed by atoms with E-state index in [0.29, 0.717) is 5.92 Å². The lowest BCUT2D eigenvalue weighted by molar-refractivity contribution is -0.130. The smallest absolute Gasteiger partial charge is 0.0713 e. The molecule has 0 saturated heterocycles. The van der Waals surface area contributed by atoms with Crippen molar-refractivity contribution in [2.45, 2.75) is 59.5 Å². The SMILES string of the molecule is C=C(C)[C@@]12CC=C(C)[C@](C)(C1)[C@](C)(O)C[C@H]2C. The summed E-state index contributed by atoms with van der Waals surface area (Å²) in [6.45, 7) is 15.1. The molecular weight excluding hydrogens is 208 g/mol. The molecule has 1 saturated carbocycles. The van der Waals surface area contributed by atoms with E-state index in [1.165, 1.54) is 11.1 Å². The molecule has 2 aliphatic carbocycles. The van der Waals surface area contributed by atoms with Crippen LogP contribution in [0.5, 0.6) is 0 Å². The number of rotatable bonds is 1. The third-order valence-corrected chi connectivity index (χ3v) is 6.00. The molecule has 2 rings (SSSR count). The summed E-state index contributed by atoms with van der Waals surface area (Å²) in [5.41, 5.74) is 2.17. The molecule has 1 N–H and O–H groups in total. The molecule has 0 aromatic rings. The van der Waals surface area contributed by atoms with Gasteiger partial charge in [0.05, 0.1) is 5.60 Å². The maximum Gasteiger partial charge on any atom is 0.0713 e. The Morgan fingerprint density at radius 2 is 2.06 bits per heavy atom. The Bertz CT molecular complexity index is 390. The summed E-state index contributed by atoms with van der Waals surface area (Å²) in [4.78, 5) is 0. The molecule has 0 aromatic carbocycles. The van der Waals surface area contributed by atoms with Gasteiger partial charge in [-0.25, -0.2) is 0 Å². The quantitative estimate of drug-likeness (QED) is 0.678. The van der Waals surface area contributed by atoms with Crippen molar-refractivity contribution in [1.29, 1.82) is 0 Å². The van der Waals surface area contributed by atoms with E-state index in [4.69, 9.17) is 0 Å². The largest absolute Gasteiger partial charge is 0.389 e. The summed E-state index contributed by atoms with van der Waals surface area (Å²) in [5.74, 6) is 0.507. The number of allylic oxidation sites excluding steroid dienone is 2.